The van der Waals surface area contributed by atoms with Gasteiger partial charge in [0, 0.05) is 33.2 Å². The number of aromatic nitrogens is 4. The fourth-order valence-electron chi connectivity index (χ4n) is 6.84. The summed E-state index contributed by atoms with van der Waals surface area (Å²) in [5, 5.41) is 2.54. The predicted molar refractivity (Wildman–Crippen MR) is 211 cm³/mol. The van der Waals surface area contributed by atoms with Crippen molar-refractivity contribution in [3.8, 4) is 62.1 Å². The lowest BCUT2D eigenvalue weighted by Gasteiger charge is -2.10. The molecule has 2 aromatic heterocycles. The normalized spacial score (nSPS) is 11.3. The first-order valence-electron chi connectivity index (χ1n) is 17.3. The van der Waals surface area contributed by atoms with Crippen molar-refractivity contribution in [2.24, 2.45) is 0 Å². The fourth-order valence-corrected chi connectivity index (χ4v) is 6.84. The van der Waals surface area contributed by atoms with Gasteiger partial charge in [0.05, 0.1) is 11.0 Å². The zero-order chi connectivity index (χ0) is 34.3. The Morgan fingerprint density at radius 3 is 0.980 bits per heavy atom. The Hall–Kier alpha value is -6.65. The summed E-state index contributed by atoms with van der Waals surface area (Å²) in [5.41, 5.74) is 13.5. The molecule has 0 saturated heterocycles. The number of rotatable bonds is 6. The van der Waals surface area contributed by atoms with Crippen LogP contribution in [0.2, 0.25) is 0 Å². The van der Waals surface area contributed by atoms with Crippen molar-refractivity contribution < 1.29 is 0 Å². The van der Waals surface area contributed by atoms with Crippen LogP contribution in [0.5, 0.6) is 0 Å². The van der Waals surface area contributed by atoms with Gasteiger partial charge < -0.3 is 4.57 Å². The second-order valence-electron chi connectivity index (χ2n) is 13.1. The molecule has 0 unspecified atom stereocenters. The van der Waals surface area contributed by atoms with Crippen molar-refractivity contribution in [3.63, 3.8) is 0 Å². The van der Waals surface area contributed by atoms with Gasteiger partial charge in [0.2, 0.25) is 0 Å². The number of fused-ring (bicyclic) bond motifs is 3. The molecule has 0 spiro atoms. The lowest BCUT2D eigenvalue weighted by atomic mass is 9.99. The lowest BCUT2D eigenvalue weighted by molar-refractivity contribution is 1.07. The van der Waals surface area contributed by atoms with E-state index in [-0.39, 0.29) is 0 Å². The molecular formula is C47H34N4. The van der Waals surface area contributed by atoms with Crippen LogP contribution in [-0.4, -0.2) is 19.5 Å². The first-order valence-corrected chi connectivity index (χ1v) is 17.3. The molecular weight excluding hydrogens is 621 g/mol. The molecule has 7 aromatic carbocycles. The SMILES string of the molecule is Cc1ccc(-c2nc(-c3ccc(C)cc3)nc(-c3ccc(-c4ccc(-c5ccc(-n6c7ccccc7c7ccccc76)cc5)cc4)cc3)n2)cc1. The summed E-state index contributed by atoms with van der Waals surface area (Å²) < 4.78 is 2.35. The molecule has 0 N–H and O–H groups in total. The predicted octanol–water partition coefficient (Wildman–Crippen LogP) is 11.9. The standard InChI is InChI=1S/C47H34N4/c1-31-11-15-37(16-12-31)45-48-46(38-17-13-32(2)14-18-38)50-47(49-45)39-25-23-35(24-26-39)33-19-21-34(22-20-33)36-27-29-40(30-28-36)51-43-9-5-3-7-41(43)42-8-4-6-10-44(42)51/h3-30H,1-2H3. The molecule has 4 nitrogen and oxygen atoms in total. The van der Waals surface area contributed by atoms with Crippen LogP contribution in [0.25, 0.3) is 83.9 Å². The number of benzene rings is 7. The first kappa shape index (κ1) is 30.4. The highest BCUT2D eigenvalue weighted by molar-refractivity contribution is 6.09. The van der Waals surface area contributed by atoms with Crippen LogP contribution in [0.15, 0.2) is 170 Å². The second-order valence-corrected chi connectivity index (χ2v) is 13.1. The van der Waals surface area contributed by atoms with E-state index in [1.54, 1.807) is 0 Å². The van der Waals surface area contributed by atoms with Gasteiger partial charge in [-0.05, 0) is 60.4 Å². The highest BCUT2D eigenvalue weighted by atomic mass is 15.0. The summed E-state index contributed by atoms with van der Waals surface area (Å²) in [6, 6.07) is 60.0. The minimum Gasteiger partial charge on any atom is -0.309 e. The molecule has 2 heterocycles. The molecule has 0 aliphatic heterocycles. The van der Waals surface area contributed by atoms with E-state index < -0.39 is 0 Å². The first-order chi connectivity index (χ1) is 25.1. The van der Waals surface area contributed by atoms with Gasteiger partial charge in [0.1, 0.15) is 0 Å². The zero-order valence-electron chi connectivity index (χ0n) is 28.5. The van der Waals surface area contributed by atoms with E-state index in [9.17, 15) is 0 Å². The topological polar surface area (TPSA) is 43.6 Å². The van der Waals surface area contributed by atoms with E-state index in [2.05, 4.69) is 188 Å². The number of hydrogen-bond acceptors (Lipinski definition) is 3. The molecule has 0 bridgehead atoms. The summed E-state index contributed by atoms with van der Waals surface area (Å²) in [6.07, 6.45) is 0. The van der Waals surface area contributed by atoms with Gasteiger partial charge in [-0.3, -0.25) is 0 Å². The van der Waals surface area contributed by atoms with E-state index in [1.165, 1.54) is 44.1 Å². The summed E-state index contributed by atoms with van der Waals surface area (Å²) in [4.78, 5) is 14.7. The monoisotopic (exact) mass is 654 g/mol. The smallest absolute Gasteiger partial charge is 0.164 e. The Balaban J connectivity index is 0.991. The molecule has 0 fully saturated rings. The minimum absolute atomic E-state index is 0.655. The zero-order valence-corrected chi connectivity index (χ0v) is 28.5. The minimum atomic E-state index is 0.655. The van der Waals surface area contributed by atoms with Crippen LogP contribution in [0.3, 0.4) is 0 Å². The van der Waals surface area contributed by atoms with Gasteiger partial charge in [-0.15, -0.1) is 0 Å². The lowest BCUT2D eigenvalue weighted by Crippen LogP contribution is -2.00. The number of hydrogen-bond donors (Lipinski definition) is 0. The highest BCUT2D eigenvalue weighted by Gasteiger charge is 2.14. The van der Waals surface area contributed by atoms with Crippen molar-refractivity contribution in [2.45, 2.75) is 13.8 Å². The molecule has 4 heteroatoms. The van der Waals surface area contributed by atoms with Crippen LogP contribution in [0, 0.1) is 13.8 Å². The molecule has 0 saturated carbocycles. The number of aryl methyl sites for hydroxylation is 2. The summed E-state index contributed by atoms with van der Waals surface area (Å²) in [7, 11) is 0. The molecule has 0 radical (unpaired) electrons. The van der Waals surface area contributed by atoms with E-state index in [0.29, 0.717) is 17.5 Å². The molecule has 0 aliphatic rings. The molecule has 9 aromatic rings. The van der Waals surface area contributed by atoms with Crippen molar-refractivity contribution in [2.75, 3.05) is 0 Å². The van der Waals surface area contributed by atoms with Crippen LogP contribution < -0.4 is 0 Å². The third kappa shape index (κ3) is 5.77. The number of nitrogens with zero attached hydrogens (tertiary/aromatic N) is 4. The summed E-state index contributed by atoms with van der Waals surface area (Å²) >= 11 is 0. The molecule has 0 atom stereocenters. The van der Waals surface area contributed by atoms with Gasteiger partial charge in [0.25, 0.3) is 0 Å². The highest BCUT2D eigenvalue weighted by Crippen LogP contribution is 2.33. The van der Waals surface area contributed by atoms with E-state index in [4.69, 9.17) is 15.0 Å². The van der Waals surface area contributed by atoms with Crippen LogP contribution in [-0.2, 0) is 0 Å². The van der Waals surface area contributed by atoms with Crippen LogP contribution in [0.1, 0.15) is 11.1 Å². The van der Waals surface area contributed by atoms with Crippen molar-refractivity contribution in [1.29, 1.82) is 0 Å². The molecule has 0 amide bonds. The Labute approximate surface area is 297 Å². The molecule has 51 heavy (non-hydrogen) atoms. The van der Waals surface area contributed by atoms with Gasteiger partial charge in [-0.1, -0.05) is 157 Å². The Morgan fingerprint density at radius 1 is 0.314 bits per heavy atom. The average molecular weight is 655 g/mol. The van der Waals surface area contributed by atoms with Crippen LogP contribution in [0.4, 0.5) is 0 Å². The van der Waals surface area contributed by atoms with Crippen molar-refractivity contribution in [1.82, 2.24) is 19.5 Å². The van der Waals surface area contributed by atoms with Crippen molar-refractivity contribution in [3.05, 3.63) is 181 Å². The Morgan fingerprint density at radius 2 is 0.608 bits per heavy atom. The van der Waals surface area contributed by atoms with Gasteiger partial charge in [0.15, 0.2) is 17.5 Å². The van der Waals surface area contributed by atoms with E-state index in [0.717, 1.165) is 33.5 Å². The third-order valence-corrected chi connectivity index (χ3v) is 9.66. The molecule has 0 aliphatic carbocycles. The maximum absolute atomic E-state index is 4.92. The maximum Gasteiger partial charge on any atom is 0.164 e. The summed E-state index contributed by atoms with van der Waals surface area (Å²) in [6.45, 7) is 4.17. The van der Waals surface area contributed by atoms with Gasteiger partial charge in [-0.25, -0.2) is 15.0 Å². The van der Waals surface area contributed by atoms with E-state index >= 15 is 0 Å². The molecule has 242 valence electrons. The maximum atomic E-state index is 4.92. The second kappa shape index (κ2) is 12.7. The van der Waals surface area contributed by atoms with Crippen molar-refractivity contribution >= 4 is 21.8 Å². The largest absolute Gasteiger partial charge is 0.309 e. The Kier molecular flexibility index (Phi) is 7.55. The fraction of sp³-hybridized carbons (Fsp3) is 0.0426. The Bertz CT molecular complexity index is 2530. The van der Waals surface area contributed by atoms with Crippen LogP contribution >= 0.6 is 0 Å². The summed E-state index contributed by atoms with van der Waals surface area (Å²) in [5.74, 6) is 1.99. The van der Waals surface area contributed by atoms with Gasteiger partial charge >= 0.3 is 0 Å². The quantitative estimate of drug-likeness (QED) is 0.179. The third-order valence-electron chi connectivity index (χ3n) is 9.66. The molecule has 9 rings (SSSR count). The average Bonchev–Trinajstić information content (AvgIpc) is 3.53. The number of para-hydroxylation sites is 2. The van der Waals surface area contributed by atoms with Gasteiger partial charge in [-0.2, -0.15) is 0 Å². The van der Waals surface area contributed by atoms with E-state index in [1.807, 2.05) is 0 Å².